The molecule has 4 amide bonds. The molecule has 2 aromatic rings. The average molecular weight is 592 g/mol. The summed E-state index contributed by atoms with van der Waals surface area (Å²) in [5, 5.41) is 25.5. The van der Waals surface area contributed by atoms with Crippen LogP contribution in [0.3, 0.4) is 0 Å². The van der Waals surface area contributed by atoms with Crippen molar-refractivity contribution in [2.24, 2.45) is 11.8 Å². The molecule has 1 aliphatic carbocycles. The molecule has 10 nitrogen and oxygen atoms in total. The molecule has 4 atom stereocenters. The van der Waals surface area contributed by atoms with Crippen LogP contribution in [0.4, 0.5) is 0 Å². The first kappa shape index (κ1) is 31.9. The Morgan fingerprint density at radius 2 is 1.44 bits per heavy atom. The number of carboxylic acid groups (broad SMARTS) is 1. The number of aliphatic hydroxyl groups excluding tert-OH is 1. The van der Waals surface area contributed by atoms with Crippen molar-refractivity contribution in [2.45, 2.75) is 89.4 Å². The van der Waals surface area contributed by atoms with Crippen molar-refractivity contribution < 1.29 is 34.2 Å². The number of amides is 4. The number of nitrogens with one attached hydrogen (secondary N) is 2. The fourth-order valence-corrected chi connectivity index (χ4v) is 6.10. The highest BCUT2D eigenvalue weighted by molar-refractivity contribution is 6.23. The molecule has 2 aliphatic rings. The highest BCUT2D eigenvalue weighted by atomic mass is 16.4. The van der Waals surface area contributed by atoms with Gasteiger partial charge in [-0.25, -0.2) is 4.79 Å². The van der Waals surface area contributed by atoms with E-state index in [1.165, 1.54) is 0 Å². The number of carbonyl (C=O) groups is 5. The summed E-state index contributed by atoms with van der Waals surface area (Å²) in [4.78, 5) is 67.0. The fraction of sp³-hybridized carbons (Fsp3) is 0.485. The second-order valence-electron chi connectivity index (χ2n) is 12.1. The van der Waals surface area contributed by atoms with E-state index in [1.807, 2.05) is 19.9 Å². The monoisotopic (exact) mass is 591 g/mol. The second kappa shape index (κ2) is 14.4. The third-order valence-electron chi connectivity index (χ3n) is 8.33. The van der Waals surface area contributed by atoms with E-state index in [1.54, 1.807) is 48.5 Å². The number of benzene rings is 2. The maximum absolute atomic E-state index is 13.9. The lowest BCUT2D eigenvalue weighted by Gasteiger charge is -2.31. The number of fused-ring (bicyclic) bond motifs is 1. The third-order valence-corrected chi connectivity index (χ3v) is 8.33. The summed E-state index contributed by atoms with van der Waals surface area (Å²) >= 11 is 0. The Bertz CT molecular complexity index is 1290. The number of imide groups is 1. The van der Waals surface area contributed by atoms with E-state index < -0.39 is 53.8 Å². The highest BCUT2D eigenvalue weighted by Crippen LogP contribution is 2.29. The number of rotatable bonds is 13. The summed E-state index contributed by atoms with van der Waals surface area (Å²) < 4.78 is 0. The summed E-state index contributed by atoms with van der Waals surface area (Å²) in [7, 11) is 0. The molecule has 2 aromatic carbocycles. The van der Waals surface area contributed by atoms with E-state index in [9.17, 15) is 34.2 Å². The Labute approximate surface area is 251 Å². The molecule has 10 heteroatoms. The number of aliphatic hydroxyl groups is 1. The Balaban J connectivity index is 1.58. The number of hydrogen-bond acceptors (Lipinski definition) is 6. The van der Waals surface area contributed by atoms with Gasteiger partial charge in [0.25, 0.3) is 11.8 Å². The highest BCUT2D eigenvalue weighted by Gasteiger charge is 2.43. The quantitative estimate of drug-likeness (QED) is 0.261. The summed E-state index contributed by atoms with van der Waals surface area (Å²) in [6.07, 6.45) is 3.70. The van der Waals surface area contributed by atoms with Gasteiger partial charge in [0, 0.05) is 6.42 Å². The van der Waals surface area contributed by atoms with Gasteiger partial charge >= 0.3 is 5.97 Å². The van der Waals surface area contributed by atoms with Crippen LogP contribution in [0, 0.1) is 11.8 Å². The van der Waals surface area contributed by atoms with Crippen molar-refractivity contribution in [3.05, 3.63) is 71.3 Å². The third kappa shape index (κ3) is 7.87. The van der Waals surface area contributed by atoms with Crippen LogP contribution in [-0.2, 0) is 20.8 Å². The van der Waals surface area contributed by atoms with Gasteiger partial charge in [-0.15, -0.1) is 0 Å². The zero-order chi connectivity index (χ0) is 31.1. The van der Waals surface area contributed by atoms with Crippen LogP contribution < -0.4 is 10.6 Å². The van der Waals surface area contributed by atoms with Crippen LogP contribution >= 0.6 is 0 Å². The van der Waals surface area contributed by atoms with Gasteiger partial charge in [-0.3, -0.25) is 24.1 Å². The van der Waals surface area contributed by atoms with Gasteiger partial charge in [0.05, 0.1) is 17.2 Å². The van der Waals surface area contributed by atoms with Crippen LogP contribution in [0.5, 0.6) is 0 Å². The molecule has 1 fully saturated rings. The lowest BCUT2D eigenvalue weighted by molar-refractivity contribution is -0.149. The van der Waals surface area contributed by atoms with Crippen LogP contribution in [0.2, 0.25) is 0 Å². The van der Waals surface area contributed by atoms with Crippen molar-refractivity contribution in [2.75, 3.05) is 0 Å². The Hall–Kier alpha value is -4.05. The van der Waals surface area contributed by atoms with Gasteiger partial charge < -0.3 is 20.8 Å². The average Bonchev–Trinajstić information content (AvgIpc) is 3.24. The van der Waals surface area contributed by atoms with Crippen LogP contribution in [0.15, 0.2) is 54.6 Å². The predicted octanol–water partition coefficient (Wildman–Crippen LogP) is 3.33. The lowest BCUT2D eigenvalue weighted by atomic mass is 9.83. The molecular formula is C33H41N3O7. The molecule has 43 heavy (non-hydrogen) atoms. The Morgan fingerprint density at radius 1 is 0.860 bits per heavy atom. The zero-order valence-electron chi connectivity index (χ0n) is 24.7. The SMILES string of the molecule is CC(C)CC(NC(=O)C(Cc1ccccc1)N1C(=O)c2ccccc2C1=O)C(=O)NC(CC1CCCCC1)C(O)C(=O)O. The number of hydrogen-bond donors (Lipinski definition) is 4. The van der Waals surface area contributed by atoms with Crippen molar-refractivity contribution in [3.63, 3.8) is 0 Å². The standard InChI is InChI=1S/C33H41N3O7/c1-20(2)17-26(29(38)34-25(28(37)33(42)43)18-21-11-5-3-6-12-21)35-30(39)27(19-22-13-7-4-8-14-22)36-31(40)23-15-9-10-16-24(23)32(36)41/h4,7-10,13-16,20-21,25-28,37H,3,5-6,11-12,17-19H2,1-2H3,(H,34,38)(H,35,39)(H,42,43). The van der Waals surface area contributed by atoms with E-state index in [4.69, 9.17) is 0 Å². The number of carboxylic acids is 1. The van der Waals surface area contributed by atoms with Gasteiger partial charge in [0.2, 0.25) is 11.8 Å². The number of aliphatic carboxylic acids is 1. The van der Waals surface area contributed by atoms with Crippen molar-refractivity contribution in [1.82, 2.24) is 15.5 Å². The number of nitrogens with zero attached hydrogens (tertiary/aromatic N) is 1. The van der Waals surface area contributed by atoms with E-state index in [-0.39, 0.29) is 35.8 Å². The summed E-state index contributed by atoms with van der Waals surface area (Å²) in [5.41, 5.74) is 1.15. The topological polar surface area (TPSA) is 153 Å². The molecular weight excluding hydrogens is 550 g/mol. The maximum atomic E-state index is 13.9. The first-order chi connectivity index (χ1) is 20.6. The predicted molar refractivity (Wildman–Crippen MR) is 159 cm³/mol. The Morgan fingerprint density at radius 3 is 2.00 bits per heavy atom. The summed E-state index contributed by atoms with van der Waals surface area (Å²) in [6.45, 7) is 3.76. The van der Waals surface area contributed by atoms with Crippen LogP contribution in [0.1, 0.15) is 85.1 Å². The Kier molecular flexibility index (Phi) is 10.7. The van der Waals surface area contributed by atoms with Crippen molar-refractivity contribution in [1.29, 1.82) is 0 Å². The van der Waals surface area contributed by atoms with Gasteiger partial charge in [0.1, 0.15) is 12.1 Å². The smallest absolute Gasteiger partial charge is 0.334 e. The molecule has 4 unspecified atom stereocenters. The largest absolute Gasteiger partial charge is 0.479 e. The fourth-order valence-electron chi connectivity index (χ4n) is 6.10. The molecule has 1 aliphatic heterocycles. The minimum atomic E-state index is -1.80. The minimum Gasteiger partial charge on any atom is -0.479 e. The lowest BCUT2D eigenvalue weighted by Crippen LogP contribution is -2.58. The van der Waals surface area contributed by atoms with Crippen molar-refractivity contribution >= 4 is 29.6 Å². The first-order valence-electron chi connectivity index (χ1n) is 15.1. The van der Waals surface area contributed by atoms with Gasteiger partial charge in [0.15, 0.2) is 6.10 Å². The summed E-state index contributed by atoms with van der Waals surface area (Å²) in [5.74, 6) is -3.76. The van der Waals surface area contributed by atoms with E-state index in [2.05, 4.69) is 10.6 Å². The van der Waals surface area contributed by atoms with Crippen LogP contribution in [-0.4, -0.2) is 68.9 Å². The van der Waals surface area contributed by atoms with E-state index in [0.717, 1.165) is 42.6 Å². The molecule has 1 heterocycles. The first-order valence-corrected chi connectivity index (χ1v) is 15.1. The van der Waals surface area contributed by atoms with Crippen molar-refractivity contribution in [3.8, 4) is 0 Å². The molecule has 0 saturated heterocycles. The van der Waals surface area contributed by atoms with Gasteiger partial charge in [-0.1, -0.05) is 88.4 Å². The van der Waals surface area contributed by atoms with Crippen LogP contribution in [0.25, 0.3) is 0 Å². The molecule has 4 N–H and O–H groups in total. The van der Waals surface area contributed by atoms with Gasteiger partial charge in [-0.2, -0.15) is 0 Å². The maximum Gasteiger partial charge on any atom is 0.334 e. The summed E-state index contributed by atoms with van der Waals surface area (Å²) in [6, 6.07) is 12.0. The van der Waals surface area contributed by atoms with E-state index >= 15 is 0 Å². The normalized spacial score (nSPS) is 18.1. The zero-order valence-corrected chi connectivity index (χ0v) is 24.7. The molecule has 0 bridgehead atoms. The molecule has 0 spiro atoms. The molecule has 0 radical (unpaired) electrons. The van der Waals surface area contributed by atoms with E-state index in [0.29, 0.717) is 6.42 Å². The molecule has 230 valence electrons. The van der Waals surface area contributed by atoms with Gasteiger partial charge in [-0.05, 0) is 42.4 Å². The molecule has 1 saturated carbocycles. The minimum absolute atomic E-state index is 0.0379. The second-order valence-corrected chi connectivity index (χ2v) is 12.1. The molecule has 0 aromatic heterocycles. The number of carbonyl (C=O) groups excluding carboxylic acids is 4. The molecule has 4 rings (SSSR count).